The Hall–Kier alpha value is -2.49. The van der Waals surface area contributed by atoms with Crippen molar-refractivity contribution in [2.24, 2.45) is 5.73 Å². The van der Waals surface area contributed by atoms with E-state index < -0.39 is 0 Å². The molecule has 0 amide bonds. The zero-order valence-corrected chi connectivity index (χ0v) is 17.1. The Morgan fingerprint density at radius 1 is 0.750 bits per heavy atom. The van der Waals surface area contributed by atoms with Crippen molar-refractivity contribution in [3.8, 4) is 11.5 Å². The molecule has 0 aliphatic heterocycles. The second-order valence-corrected chi connectivity index (χ2v) is 6.47. The molecule has 28 heavy (non-hydrogen) atoms. The molecule has 0 spiro atoms. The Morgan fingerprint density at radius 2 is 1.32 bits per heavy atom. The first-order chi connectivity index (χ1) is 13.3. The minimum absolute atomic E-state index is 0. The molecule has 148 valence electrons. The van der Waals surface area contributed by atoms with Crippen molar-refractivity contribution < 1.29 is 9.47 Å². The van der Waals surface area contributed by atoms with Gasteiger partial charge in [0.1, 0.15) is 13.2 Å². The number of ether oxygens (including phenoxy) is 2. The van der Waals surface area contributed by atoms with Crippen LogP contribution in [0.1, 0.15) is 29.2 Å². The highest BCUT2D eigenvalue weighted by Gasteiger charge is 2.15. The summed E-state index contributed by atoms with van der Waals surface area (Å²) >= 11 is 0. The van der Waals surface area contributed by atoms with Gasteiger partial charge < -0.3 is 15.2 Å². The third-order valence-corrected chi connectivity index (χ3v) is 4.55. The van der Waals surface area contributed by atoms with Crippen LogP contribution in [-0.2, 0) is 26.1 Å². The SMILES string of the molecule is CCc1c(CCN)ccc(OCc2ccccc2)c1OCc1ccccc1.Cl. The first-order valence-electron chi connectivity index (χ1n) is 9.50. The molecule has 3 aromatic carbocycles. The number of hydrogen-bond donors (Lipinski definition) is 1. The Labute approximate surface area is 173 Å². The van der Waals surface area contributed by atoms with Crippen LogP contribution in [0.15, 0.2) is 72.8 Å². The summed E-state index contributed by atoms with van der Waals surface area (Å²) in [7, 11) is 0. The van der Waals surface area contributed by atoms with Gasteiger partial charge in [0, 0.05) is 5.56 Å². The summed E-state index contributed by atoms with van der Waals surface area (Å²) in [4.78, 5) is 0. The lowest BCUT2D eigenvalue weighted by Gasteiger charge is -2.19. The molecule has 2 N–H and O–H groups in total. The highest BCUT2D eigenvalue weighted by Crippen LogP contribution is 2.35. The van der Waals surface area contributed by atoms with Crippen LogP contribution in [0.25, 0.3) is 0 Å². The number of benzene rings is 3. The fourth-order valence-electron chi connectivity index (χ4n) is 3.16. The molecule has 3 nitrogen and oxygen atoms in total. The Kier molecular flexibility index (Phi) is 8.86. The van der Waals surface area contributed by atoms with E-state index in [4.69, 9.17) is 15.2 Å². The van der Waals surface area contributed by atoms with E-state index in [0.29, 0.717) is 19.8 Å². The van der Waals surface area contributed by atoms with Crippen molar-refractivity contribution in [3.05, 3.63) is 95.1 Å². The van der Waals surface area contributed by atoms with E-state index in [2.05, 4.69) is 37.3 Å². The molecule has 0 unspecified atom stereocenters. The largest absolute Gasteiger partial charge is 0.485 e. The Bertz CT molecular complexity index is 838. The van der Waals surface area contributed by atoms with Gasteiger partial charge in [-0.15, -0.1) is 12.4 Å². The van der Waals surface area contributed by atoms with Crippen molar-refractivity contribution in [3.63, 3.8) is 0 Å². The highest BCUT2D eigenvalue weighted by atomic mass is 35.5. The minimum Gasteiger partial charge on any atom is -0.485 e. The zero-order valence-electron chi connectivity index (χ0n) is 16.3. The molecular weight excluding hydrogens is 370 g/mol. The van der Waals surface area contributed by atoms with Crippen LogP contribution in [0.2, 0.25) is 0 Å². The van der Waals surface area contributed by atoms with Crippen molar-refractivity contribution in [1.29, 1.82) is 0 Å². The molecule has 0 aliphatic rings. The van der Waals surface area contributed by atoms with Crippen LogP contribution in [0.4, 0.5) is 0 Å². The summed E-state index contributed by atoms with van der Waals surface area (Å²) in [5, 5.41) is 0. The molecular formula is C24H28ClNO2. The first-order valence-corrected chi connectivity index (χ1v) is 9.50. The summed E-state index contributed by atoms with van der Waals surface area (Å²) in [6, 6.07) is 24.5. The van der Waals surface area contributed by atoms with Gasteiger partial charge in [0.25, 0.3) is 0 Å². The van der Waals surface area contributed by atoms with E-state index in [1.165, 1.54) is 11.1 Å². The summed E-state index contributed by atoms with van der Waals surface area (Å²) in [5.74, 6) is 1.62. The van der Waals surface area contributed by atoms with E-state index in [-0.39, 0.29) is 12.4 Å². The van der Waals surface area contributed by atoms with Gasteiger partial charge >= 0.3 is 0 Å². The predicted octanol–water partition coefficient (Wildman–Crippen LogP) is 5.33. The summed E-state index contributed by atoms with van der Waals surface area (Å²) in [6.07, 6.45) is 1.71. The third kappa shape index (κ3) is 5.75. The standard InChI is InChI=1S/C24H27NO2.ClH/c1-2-22-21(15-16-25)13-14-23(26-17-19-9-5-3-6-10-19)24(22)27-18-20-11-7-4-8-12-20;/h3-14H,2,15-18,25H2,1H3;1H. The van der Waals surface area contributed by atoms with Gasteiger partial charge in [-0.3, -0.25) is 0 Å². The Balaban J connectivity index is 0.00000280. The molecule has 0 radical (unpaired) electrons. The van der Waals surface area contributed by atoms with E-state index in [9.17, 15) is 0 Å². The number of rotatable bonds is 9. The van der Waals surface area contributed by atoms with Crippen molar-refractivity contribution in [2.75, 3.05) is 6.54 Å². The van der Waals surface area contributed by atoms with Gasteiger partial charge in [0.15, 0.2) is 11.5 Å². The van der Waals surface area contributed by atoms with Crippen LogP contribution in [-0.4, -0.2) is 6.54 Å². The highest BCUT2D eigenvalue weighted by molar-refractivity contribution is 5.85. The second kappa shape index (κ2) is 11.4. The van der Waals surface area contributed by atoms with Crippen LogP contribution < -0.4 is 15.2 Å². The molecule has 4 heteroatoms. The van der Waals surface area contributed by atoms with Crippen molar-refractivity contribution in [2.45, 2.75) is 33.0 Å². The van der Waals surface area contributed by atoms with Gasteiger partial charge in [-0.05, 0) is 42.1 Å². The molecule has 3 aromatic rings. The third-order valence-electron chi connectivity index (χ3n) is 4.55. The monoisotopic (exact) mass is 397 g/mol. The quantitative estimate of drug-likeness (QED) is 0.530. The molecule has 0 bridgehead atoms. The number of nitrogens with two attached hydrogens (primary N) is 1. The first kappa shape index (κ1) is 21.8. The van der Waals surface area contributed by atoms with Crippen LogP contribution >= 0.6 is 12.4 Å². The molecule has 3 rings (SSSR count). The van der Waals surface area contributed by atoms with Gasteiger partial charge in [-0.1, -0.05) is 73.7 Å². The molecule has 0 fully saturated rings. The lowest BCUT2D eigenvalue weighted by atomic mass is 10.0. The fraction of sp³-hybridized carbons (Fsp3) is 0.250. The van der Waals surface area contributed by atoms with Crippen LogP contribution in [0, 0.1) is 0 Å². The van der Waals surface area contributed by atoms with Crippen LogP contribution in [0.3, 0.4) is 0 Å². The van der Waals surface area contributed by atoms with Gasteiger partial charge in [0.05, 0.1) is 0 Å². The molecule has 0 aliphatic carbocycles. The Morgan fingerprint density at radius 3 is 1.86 bits per heavy atom. The predicted molar refractivity (Wildman–Crippen MR) is 117 cm³/mol. The summed E-state index contributed by atoms with van der Waals surface area (Å²) in [6.45, 7) is 3.80. The van der Waals surface area contributed by atoms with Gasteiger partial charge in [-0.2, -0.15) is 0 Å². The normalized spacial score (nSPS) is 10.2. The van der Waals surface area contributed by atoms with E-state index in [1.54, 1.807) is 0 Å². The summed E-state index contributed by atoms with van der Waals surface area (Å²) < 4.78 is 12.4. The maximum Gasteiger partial charge on any atom is 0.165 e. The average Bonchev–Trinajstić information content (AvgIpc) is 2.73. The molecule has 0 atom stereocenters. The molecule has 0 saturated carbocycles. The lowest BCUT2D eigenvalue weighted by Crippen LogP contribution is -2.08. The average molecular weight is 398 g/mol. The zero-order chi connectivity index (χ0) is 18.9. The van der Waals surface area contributed by atoms with Crippen LogP contribution in [0.5, 0.6) is 11.5 Å². The molecule has 0 saturated heterocycles. The van der Waals surface area contributed by atoms with E-state index in [0.717, 1.165) is 35.5 Å². The fourth-order valence-corrected chi connectivity index (χ4v) is 3.16. The summed E-state index contributed by atoms with van der Waals surface area (Å²) in [5.41, 5.74) is 10.5. The maximum absolute atomic E-state index is 6.25. The lowest BCUT2D eigenvalue weighted by molar-refractivity contribution is 0.253. The molecule has 0 heterocycles. The number of halogens is 1. The maximum atomic E-state index is 6.25. The molecule has 0 aromatic heterocycles. The van der Waals surface area contributed by atoms with E-state index >= 15 is 0 Å². The topological polar surface area (TPSA) is 44.5 Å². The van der Waals surface area contributed by atoms with Crippen molar-refractivity contribution in [1.82, 2.24) is 0 Å². The second-order valence-electron chi connectivity index (χ2n) is 6.47. The number of hydrogen-bond acceptors (Lipinski definition) is 3. The smallest absolute Gasteiger partial charge is 0.165 e. The minimum atomic E-state index is 0. The van der Waals surface area contributed by atoms with Gasteiger partial charge in [0.2, 0.25) is 0 Å². The van der Waals surface area contributed by atoms with E-state index in [1.807, 2.05) is 42.5 Å². The van der Waals surface area contributed by atoms with Crippen molar-refractivity contribution >= 4 is 12.4 Å². The van der Waals surface area contributed by atoms with Gasteiger partial charge in [-0.25, -0.2) is 0 Å².